The van der Waals surface area contributed by atoms with Gasteiger partial charge >= 0.3 is 0 Å². The largest absolute Gasteiger partial charge is 0.325 e. The summed E-state index contributed by atoms with van der Waals surface area (Å²) >= 11 is 14.7. The SMILES string of the molecule is O=C(CSc1nc2c(c(=O)n1Cc1ccccc1)SCC2)Nc1ccc(Cl)c(Cl)c1. The molecule has 1 N–H and O–H groups in total. The number of thioether (sulfide) groups is 2. The third-order valence-corrected chi connectivity index (χ3v) is 7.29. The molecule has 0 radical (unpaired) electrons. The predicted octanol–water partition coefficient (Wildman–Crippen LogP) is 4.98. The summed E-state index contributed by atoms with van der Waals surface area (Å²) in [5.74, 6) is 0.760. The Balaban J connectivity index is 1.54. The van der Waals surface area contributed by atoms with E-state index in [4.69, 9.17) is 28.2 Å². The van der Waals surface area contributed by atoms with E-state index in [-0.39, 0.29) is 17.2 Å². The molecule has 154 valence electrons. The second-order valence-corrected chi connectivity index (χ2v) is 9.47. The molecule has 1 aromatic heterocycles. The lowest BCUT2D eigenvalue weighted by molar-refractivity contribution is -0.113. The molecule has 0 fully saturated rings. The van der Waals surface area contributed by atoms with Gasteiger partial charge in [0.1, 0.15) is 0 Å². The van der Waals surface area contributed by atoms with Crippen LogP contribution in [0.5, 0.6) is 0 Å². The highest BCUT2D eigenvalue weighted by molar-refractivity contribution is 8.00. The number of hydrogen-bond donors (Lipinski definition) is 1. The maximum absolute atomic E-state index is 13.1. The van der Waals surface area contributed by atoms with Crippen molar-refractivity contribution in [1.29, 1.82) is 0 Å². The van der Waals surface area contributed by atoms with Crippen LogP contribution in [0.4, 0.5) is 5.69 Å². The van der Waals surface area contributed by atoms with Gasteiger partial charge in [0.05, 0.1) is 32.9 Å². The Morgan fingerprint density at radius 2 is 1.97 bits per heavy atom. The first-order chi connectivity index (χ1) is 14.5. The van der Waals surface area contributed by atoms with Gasteiger partial charge in [0, 0.05) is 17.9 Å². The van der Waals surface area contributed by atoms with Crippen LogP contribution in [0.3, 0.4) is 0 Å². The number of benzene rings is 2. The lowest BCUT2D eigenvalue weighted by Crippen LogP contribution is -2.26. The average molecular weight is 478 g/mol. The summed E-state index contributed by atoms with van der Waals surface area (Å²) in [5.41, 5.74) is 2.35. The monoisotopic (exact) mass is 477 g/mol. The molecule has 0 spiro atoms. The fourth-order valence-electron chi connectivity index (χ4n) is 3.04. The summed E-state index contributed by atoms with van der Waals surface area (Å²) in [6.45, 7) is 0.414. The van der Waals surface area contributed by atoms with Crippen LogP contribution < -0.4 is 10.9 Å². The van der Waals surface area contributed by atoms with Crippen LogP contribution in [0.25, 0.3) is 0 Å². The van der Waals surface area contributed by atoms with E-state index in [1.807, 2.05) is 30.3 Å². The number of nitrogens with one attached hydrogen (secondary N) is 1. The number of halogens is 2. The molecular weight excluding hydrogens is 461 g/mol. The molecule has 9 heteroatoms. The number of rotatable bonds is 6. The highest BCUT2D eigenvalue weighted by Crippen LogP contribution is 2.29. The third kappa shape index (κ3) is 4.86. The molecule has 0 atom stereocenters. The number of amides is 1. The molecule has 30 heavy (non-hydrogen) atoms. The lowest BCUT2D eigenvalue weighted by atomic mass is 10.2. The van der Waals surface area contributed by atoms with E-state index in [2.05, 4.69) is 5.32 Å². The van der Waals surface area contributed by atoms with Gasteiger partial charge in [-0.05, 0) is 23.8 Å². The first-order valence-corrected chi connectivity index (χ1v) is 11.9. The van der Waals surface area contributed by atoms with Gasteiger partial charge in [-0.25, -0.2) is 4.98 Å². The highest BCUT2D eigenvalue weighted by atomic mass is 35.5. The van der Waals surface area contributed by atoms with Gasteiger partial charge < -0.3 is 5.32 Å². The number of aryl methyl sites for hydroxylation is 1. The van der Waals surface area contributed by atoms with Crippen molar-refractivity contribution in [3.63, 3.8) is 0 Å². The van der Waals surface area contributed by atoms with Crippen molar-refractivity contribution in [2.24, 2.45) is 0 Å². The first kappa shape index (κ1) is 21.3. The number of carbonyl (C=O) groups excluding carboxylic acids is 1. The standard InChI is InChI=1S/C21H17Cl2N3O2S2/c22-15-7-6-14(10-16(15)23)24-18(27)12-30-21-25-17-8-9-29-19(17)20(28)26(21)11-13-4-2-1-3-5-13/h1-7,10H,8-9,11-12H2,(H,24,27). The minimum absolute atomic E-state index is 0.0428. The first-order valence-electron chi connectivity index (χ1n) is 9.19. The van der Waals surface area contributed by atoms with Crippen LogP contribution in [-0.2, 0) is 17.8 Å². The fourth-order valence-corrected chi connectivity index (χ4v) is 5.20. The molecule has 5 nitrogen and oxygen atoms in total. The van der Waals surface area contributed by atoms with E-state index in [1.54, 1.807) is 34.5 Å². The molecule has 1 aliphatic rings. The number of anilines is 1. The van der Waals surface area contributed by atoms with Gasteiger partial charge in [-0.3, -0.25) is 14.2 Å². The number of fused-ring (bicyclic) bond motifs is 1. The molecule has 1 aliphatic heterocycles. The third-order valence-electron chi connectivity index (χ3n) is 4.47. The molecule has 0 saturated carbocycles. The van der Waals surface area contributed by atoms with E-state index < -0.39 is 0 Å². The van der Waals surface area contributed by atoms with Crippen LogP contribution in [0.2, 0.25) is 10.0 Å². The smallest absolute Gasteiger partial charge is 0.268 e. The molecule has 2 aromatic carbocycles. The zero-order chi connectivity index (χ0) is 21.1. The Bertz CT molecular complexity index is 1150. The van der Waals surface area contributed by atoms with Crippen LogP contribution in [0.15, 0.2) is 63.4 Å². The molecule has 1 amide bonds. The van der Waals surface area contributed by atoms with E-state index in [0.29, 0.717) is 27.4 Å². The van der Waals surface area contributed by atoms with Crippen LogP contribution >= 0.6 is 46.7 Å². The second-order valence-electron chi connectivity index (χ2n) is 6.61. The molecule has 3 aromatic rings. The van der Waals surface area contributed by atoms with Gasteiger partial charge in [-0.1, -0.05) is 65.3 Å². The normalized spacial score (nSPS) is 12.6. The van der Waals surface area contributed by atoms with Crippen molar-refractivity contribution in [2.75, 3.05) is 16.8 Å². The molecule has 0 aliphatic carbocycles. The van der Waals surface area contributed by atoms with Crippen molar-refractivity contribution in [3.05, 3.63) is 80.2 Å². The molecular formula is C21H17Cl2N3O2S2. The van der Waals surface area contributed by atoms with Crippen molar-refractivity contribution < 1.29 is 4.79 Å². The summed E-state index contributed by atoms with van der Waals surface area (Å²) in [5, 5.41) is 4.14. The Labute approximate surface area is 192 Å². The molecule has 0 unspecified atom stereocenters. The quantitative estimate of drug-likeness (QED) is 0.400. The minimum atomic E-state index is -0.214. The number of hydrogen-bond acceptors (Lipinski definition) is 5. The molecule has 0 saturated heterocycles. The number of carbonyl (C=O) groups is 1. The summed E-state index contributed by atoms with van der Waals surface area (Å²) < 4.78 is 1.66. The summed E-state index contributed by atoms with van der Waals surface area (Å²) in [4.78, 5) is 30.9. The Hall–Kier alpha value is -1.93. The van der Waals surface area contributed by atoms with Crippen LogP contribution in [-0.4, -0.2) is 27.0 Å². The summed E-state index contributed by atoms with van der Waals surface area (Å²) in [6.07, 6.45) is 0.768. The van der Waals surface area contributed by atoms with Gasteiger partial charge in [0.2, 0.25) is 5.91 Å². The number of nitrogens with zero attached hydrogens (tertiary/aromatic N) is 2. The topological polar surface area (TPSA) is 64.0 Å². The van der Waals surface area contributed by atoms with E-state index in [0.717, 1.165) is 28.3 Å². The maximum Gasteiger partial charge on any atom is 0.268 e. The van der Waals surface area contributed by atoms with E-state index in [1.165, 1.54) is 11.8 Å². The Morgan fingerprint density at radius 3 is 2.73 bits per heavy atom. The van der Waals surface area contributed by atoms with Gasteiger partial charge in [-0.15, -0.1) is 11.8 Å². The molecule has 4 rings (SSSR count). The van der Waals surface area contributed by atoms with Crippen LogP contribution in [0, 0.1) is 0 Å². The van der Waals surface area contributed by atoms with Crippen LogP contribution in [0.1, 0.15) is 11.3 Å². The van der Waals surface area contributed by atoms with Crippen molar-refractivity contribution in [2.45, 2.75) is 23.0 Å². The Morgan fingerprint density at radius 1 is 1.17 bits per heavy atom. The van der Waals surface area contributed by atoms with Crippen molar-refractivity contribution >= 4 is 58.3 Å². The molecule has 2 heterocycles. The molecule has 0 bridgehead atoms. The summed E-state index contributed by atoms with van der Waals surface area (Å²) in [6, 6.07) is 14.7. The highest BCUT2D eigenvalue weighted by Gasteiger charge is 2.22. The van der Waals surface area contributed by atoms with E-state index >= 15 is 0 Å². The van der Waals surface area contributed by atoms with Gasteiger partial charge in [0.25, 0.3) is 5.56 Å². The summed E-state index contributed by atoms with van der Waals surface area (Å²) in [7, 11) is 0. The maximum atomic E-state index is 13.1. The predicted molar refractivity (Wildman–Crippen MR) is 124 cm³/mol. The fraction of sp³-hybridized carbons (Fsp3) is 0.190. The zero-order valence-corrected chi connectivity index (χ0v) is 18.9. The lowest BCUT2D eigenvalue weighted by Gasteiger charge is -2.14. The van der Waals surface area contributed by atoms with E-state index in [9.17, 15) is 9.59 Å². The Kier molecular flexibility index (Phi) is 6.73. The minimum Gasteiger partial charge on any atom is -0.325 e. The average Bonchev–Trinajstić information content (AvgIpc) is 3.21. The second kappa shape index (κ2) is 9.47. The van der Waals surface area contributed by atoms with Gasteiger partial charge in [0.15, 0.2) is 5.16 Å². The zero-order valence-electron chi connectivity index (χ0n) is 15.7. The van der Waals surface area contributed by atoms with Crippen molar-refractivity contribution in [1.82, 2.24) is 9.55 Å². The van der Waals surface area contributed by atoms with Crippen molar-refractivity contribution in [3.8, 4) is 0 Å². The number of aromatic nitrogens is 2. The van der Waals surface area contributed by atoms with Gasteiger partial charge in [-0.2, -0.15) is 0 Å².